The lowest BCUT2D eigenvalue weighted by atomic mass is 10.1. The van der Waals surface area contributed by atoms with Crippen LogP contribution in [0, 0.1) is 11.3 Å². The first-order valence-corrected chi connectivity index (χ1v) is 4.60. The largest absolute Gasteiger partial charge is 0.477 e. The lowest BCUT2D eigenvalue weighted by molar-refractivity contribution is -0.132. The van der Waals surface area contributed by atoms with E-state index in [4.69, 9.17) is 33.6 Å². The second-order valence-electron chi connectivity index (χ2n) is 2.64. The Morgan fingerprint density at radius 1 is 1.47 bits per heavy atom. The van der Waals surface area contributed by atoms with E-state index in [0.717, 1.165) is 0 Å². The molecule has 1 aromatic rings. The molecular formula is C10H5Cl2NO2. The first-order valence-electron chi connectivity index (χ1n) is 3.84. The number of carbonyl (C=O) groups is 1. The van der Waals surface area contributed by atoms with Crippen molar-refractivity contribution in [2.45, 2.75) is 0 Å². The number of halogens is 2. The minimum Gasteiger partial charge on any atom is -0.477 e. The van der Waals surface area contributed by atoms with E-state index in [9.17, 15) is 4.79 Å². The van der Waals surface area contributed by atoms with Gasteiger partial charge in [0.15, 0.2) is 0 Å². The molecule has 76 valence electrons. The van der Waals surface area contributed by atoms with Crippen LogP contribution >= 0.6 is 23.2 Å². The molecule has 15 heavy (non-hydrogen) atoms. The zero-order chi connectivity index (χ0) is 11.4. The molecule has 0 saturated carbocycles. The second-order valence-corrected chi connectivity index (χ2v) is 3.48. The van der Waals surface area contributed by atoms with Crippen molar-refractivity contribution in [2.24, 2.45) is 0 Å². The first-order chi connectivity index (χ1) is 7.04. The van der Waals surface area contributed by atoms with Gasteiger partial charge in [-0.1, -0.05) is 29.3 Å². The van der Waals surface area contributed by atoms with Gasteiger partial charge in [-0.2, -0.15) is 5.26 Å². The SMILES string of the molecule is N#CC(=Cc1ccc(Cl)cc1Cl)C(=O)O. The number of rotatable bonds is 2. The van der Waals surface area contributed by atoms with Gasteiger partial charge >= 0.3 is 5.97 Å². The second kappa shape index (κ2) is 4.83. The summed E-state index contributed by atoms with van der Waals surface area (Å²) in [5.74, 6) is -1.29. The Hall–Kier alpha value is -1.50. The van der Waals surface area contributed by atoms with Crippen molar-refractivity contribution < 1.29 is 9.90 Å². The van der Waals surface area contributed by atoms with Gasteiger partial charge in [0.2, 0.25) is 0 Å². The van der Waals surface area contributed by atoms with Gasteiger partial charge in [-0.25, -0.2) is 4.79 Å². The number of benzene rings is 1. The van der Waals surface area contributed by atoms with E-state index >= 15 is 0 Å². The van der Waals surface area contributed by atoms with Gasteiger partial charge in [0.25, 0.3) is 0 Å². The Kier molecular flexibility index (Phi) is 3.73. The van der Waals surface area contributed by atoms with Crippen LogP contribution in [0.25, 0.3) is 6.08 Å². The minimum absolute atomic E-state index is 0.302. The average Bonchev–Trinajstić information content (AvgIpc) is 2.16. The molecule has 0 spiro atoms. The normalized spacial score (nSPS) is 10.9. The van der Waals surface area contributed by atoms with Crippen molar-refractivity contribution in [3.05, 3.63) is 39.4 Å². The number of nitriles is 1. The Labute approximate surface area is 96.2 Å². The van der Waals surface area contributed by atoms with Gasteiger partial charge in [-0.15, -0.1) is 0 Å². The van der Waals surface area contributed by atoms with Crippen LogP contribution in [-0.2, 0) is 4.79 Å². The Morgan fingerprint density at radius 2 is 2.13 bits per heavy atom. The molecule has 0 atom stereocenters. The lowest BCUT2D eigenvalue weighted by Gasteiger charge is -1.98. The summed E-state index contributed by atoms with van der Waals surface area (Å²) in [5.41, 5.74) is 0.0687. The molecule has 0 bridgehead atoms. The van der Waals surface area contributed by atoms with Crippen LogP contribution in [0.2, 0.25) is 10.0 Å². The van der Waals surface area contributed by atoms with E-state index in [1.54, 1.807) is 18.2 Å². The summed E-state index contributed by atoms with van der Waals surface area (Å²) in [6, 6.07) is 6.15. The van der Waals surface area contributed by atoms with Crippen molar-refractivity contribution in [1.29, 1.82) is 5.26 Å². The molecule has 3 nitrogen and oxygen atoms in total. The van der Waals surface area contributed by atoms with Gasteiger partial charge in [-0.3, -0.25) is 0 Å². The Morgan fingerprint density at radius 3 is 2.60 bits per heavy atom. The van der Waals surface area contributed by atoms with Crippen molar-refractivity contribution in [3.8, 4) is 6.07 Å². The summed E-state index contributed by atoms with van der Waals surface area (Å²) in [6.07, 6.45) is 1.20. The number of nitrogens with zero attached hydrogens (tertiary/aromatic N) is 1. The van der Waals surface area contributed by atoms with Gasteiger partial charge in [0.05, 0.1) is 0 Å². The van der Waals surface area contributed by atoms with Crippen LogP contribution in [0.1, 0.15) is 5.56 Å². The molecule has 0 radical (unpaired) electrons. The number of hydrogen-bond donors (Lipinski definition) is 1. The van der Waals surface area contributed by atoms with Gasteiger partial charge in [0, 0.05) is 10.0 Å². The monoisotopic (exact) mass is 241 g/mol. The molecule has 1 aromatic carbocycles. The van der Waals surface area contributed by atoms with E-state index in [2.05, 4.69) is 0 Å². The maximum absolute atomic E-state index is 10.6. The van der Waals surface area contributed by atoms with Gasteiger partial charge in [0.1, 0.15) is 11.6 Å². The van der Waals surface area contributed by atoms with Crippen molar-refractivity contribution in [3.63, 3.8) is 0 Å². The third-order valence-electron chi connectivity index (χ3n) is 1.61. The topological polar surface area (TPSA) is 61.1 Å². The highest BCUT2D eigenvalue weighted by molar-refractivity contribution is 6.35. The predicted octanol–water partition coefficient (Wildman–Crippen LogP) is 2.98. The quantitative estimate of drug-likeness (QED) is 0.640. The van der Waals surface area contributed by atoms with E-state index in [-0.39, 0.29) is 5.57 Å². The fourth-order valence-electron chi connectivity index (χ4n) is 0.916. The van der Waals surface area contributed by atoms with Crippen LogP contribution in [0.5, 0.6) is 0 Å². The molecule has 1 N–H and O–H groups in total. The molecule has 0 aliphatic carbocycles. The average molecular weight is 242 g/mol. The molecule has 0 fully saturated rings. The summed E-state index contributed by atoms with van der Waals surface area (Å²) in [4.78, 5) is 10.6. The standard InChI is InChI=1S/C10H5Cl2NO2/c11-8-2-1-6(9(12)4-8)3-7(5-13)10(14)15/h1-4H,(H,14,15). The molecule has 0 aliphatic rings. The lowest BCUT2D eigenvalue weighted by Crippen LogP contribution is -1.97. The summed E-state index contributed by atoms with van der Waals surface area (Å²) < 4.78 is 0. The number of carboxylic acid groups (broad SMARTS) is 1. The zero-order valence-corrected chi connectivity index (χ0v) is 8.88. The smallest absolute Gasteiger partial charge is 0.346 e. The number of hydrogen-bond acceptors (Lipinski definition) is 2. The summed E-state index contributed by atoms with van der Waals surface area (Å²) in [6.45, 7) is 0. The van der Waals surface area contributed by atoms with Crippen molar-refractivity contribution in [2.75, 3.05) is 0 Å². The van der Waals surface area contributed by atoms with Crippen LogP contribution < -0.4 is 0 Å². The fraction of sp³-hybridized carbons (Fsp3) is 0. The van der Waals surface area contributed by atoms with Crippen LogP contribution in [0.4, 0.5) is 0 Å². The molecule has 0 unspecified atom stereocenters. The highest BCUT2D eigenvalue weighted by Crippen LogP contribution is 2.22. The molecule has 0 amide bonds. The van der Waals surface area contributed by atoms with Crippen LogP contribution in [-0.4, -0.2) is 11.1 Å². The molecular weight excluding hydrogens is 237 g/mol. The Bertz CT molecular complexity index is 475. The molecule has 0 heterocycles. The maximum atomic E-state index is 10.6. The van der Waals surface area contributed by atoms with Crippen LogP contribution in [0.3, 0.4) is 0 Å². The number of carboxylic acids is 1. The highest BCUT2D eigenvalue weighted by atomic mass is 35.5. The summed E-state index contributed by atoms with van der Waals surface area (Å²) in [5, 5.41) is 17.9. The third-order valence-corrected chi connectivity index (χ3v) is 2.18. The Balaban J connectivity index is 3.19. The minimum atomic E-state index is -1.29. The predicted molar refractivity (Wildman–Crippen MR) is 57.7 cm³/mol. The van der Waals surface area contributed by atoms with E-state index < -0.39 is 5.97 Å². The van der Waals surface area contributed by atoms with E-state index in [1.165, 1.54) is 12.1 Å². The summed E-state index contributed by atoms with van der Waals surface area (Å²) >= 11 is 11.5. The zero-order valence-electron chi connectivity index (χ0n) is 7.37. The van der Waals surface area contributed by atoms with E-state index in [0.29, 0.717) is 15.6 Å². The number of aliphatic carboxylic acids is 1. The van der Waals surface area contributed by atoms with Crippen molar-refractivity contribution in [1.82, 2.24) is 0 Å². The molecule has 0 aromatic heterocycles. The van der Waals surface area contributed by atoms with E-state index in [1.807, 2.05) is 0 Å². The molecule has 0 aliphatic heterocycles. The fourth-order valence-corrected chi connectivity index (χ4v) is 1.38. The third kappa shape index (κ3) is 2.98. The molecule has 1 rings (SSSR count). The summed E-state index contributed by atoms with van der Waals surface area (Å²) in [7, 11) is 0. The first kappa shape index (κ1) is 11.6. The molecule has 5 heteroatoms. The molecule has 0 saturated heterocycles. The maximum Gasteiger partial charge on any atom is 0.346 e. The van der Waals surface area contributed by atoms with Gasteiger partial charge in [-0.05, 0) is 23.8 Å². The van der Waals surface area contributed by atoms with Crippen molar-refractivity contribution >= 4 is 35.2 Å². The highest BCUT2D eigenvalue weighted by Gasteiger charge is 2.07. The van der Waals surface area contributed by atoms with Crippen LogP contribution in [0.15, 0.2) is 23.8 Å². The van der Waals surface area contributed by atoms with Gasteiger partial charge < -0.3 is 5.11 Å².